The Morgan fingerprint density at radius 3 is 2.70 bits per heavy atom. The molecule has 2 aromatic heterocycles. The summed E-state index contributed by atoms with van der Waals surface area (Å²) in [6.07, 6.45) is 6.21. The van der Waals surface area contributed by atoms with Gasteiger partial charge < -0.3 is 10.1 Å². The van der Waals surface area contributed by atoms with Crippen molar-refractivity contribution in [1.82, 2.24) is 24.9 Å². The maximum atomic E-state index is 12.2. The van der Waals surface area contributed by atoms with Gasteiger partial charge in [-0.15, -0.1) is 0 Å². The van der Waals surface area contributed by atoms with Gasteiger partial charge in [0.15, 0.2) is 12.5 Å². The molecule has 1 aromatic carbocycles. The average molecular weight is 408 g/mol. The number of aromatic nitrogens is 4. The van der Waals surface area contributed by atoms with Crippen LogP contribution in [0.4, 0.5) is 0 Å². The maximum absolute atomic E-state index is 12.2. The largest absolute Gasteiger partial charge is 0.468 e. The molecule has 2 heterocycles. The van der Waals surface area contributed by atoms with E-state index >= 15 is 0 Å². The van der Waals surface area contributed by atoms with Gasteiger partial charge >= 0.3 is 0 Å². The normalized spacial score (nSPS) is 10.8. The van der Waals surface area contributed by atoms with Gasteiger partial charge in [0.1, 0.15) is 5.69 Å². The number of benzene rings is 1. The van der Waals surface area contributed by atoms with Crippen LogP contribution < -0.4 is 10.1 Å². The van der Waals surface area contributed by atoms with Crippen molar-refractivity contribution in [3.05, 3.63) is 64.2 Å². The number of carbonyl (C=O) groups is 1. The Bertz CT molecular complexity index is 902. The minimum Gasteiger partial charge on any atom is -0.468 e. The number of aryl methyl sites for hydroxylation is 2. The number of halogens is 2. The zero-order chi connectivity index (χ0) is 19.2. The van der Waals surface area contributed by atoms with Gasteiger partial charge in [0, 0.05) is 25.5 Å². The van der Waals surface area contributed by atoms with E-state index in [1.165, 1.54) is 4.68 Å². The van der Waals surface area contributed by atoms with Crippen LogP contribution in [0.1, 0.15) is 22.5 Å². The van der Waals surface area contributed by atoms with E-state index in [0.717, 1.165) is 18.5 Å². The predicted octanol–water partition coefficient (Wildman–Crippen LogP) is 3.55. The molecule has 7 nitrogen and oxygen atoms in total. The van der Waals surface area contributed by atoms with E-state index in [2.05, 4.69) is 15.5 Å². The summed E-state index contributed by atoms with van der Waals surface area (Å²) in [6.45, 7) is 3.37. The van der Waals surface area contributed by atoms with Crippen LogP contribution in [0, 0.1) is 6.92 Å². The average Bonchev–Trinajstić information content (AvgIpc) is 3.27. The summed E-state index contributed by atoms with van der Waals surface area (Å²) in [5.74, 6) is 0.150. The molecule has 9 heteroatoms. The lowest BCUT2D eigenvalue weighted by Crippen LogP contribution is -2.26. The molecule has 0 spiro atoms. The van der Waals surface area contributed by atoms with E-state index in [1.54, 1.807) is 30.5 Å². The summed E-state index contributed by atoms with van der Waals surface area (Å²) in [4.78, 5) is 12.2. The van der Waals surface area contributed by atoms with Crippen molar-refractivity contribution in [3.8, 4) is 5.75 Å². The van der Waals surface area contributed by atoms with Crippen molar-refractivity contribution in [3.63, 3.8) is 0 Å². The first-order chi connectivity index (χ1) is 13.0. The molecule has 0 aliphatic heterocycles. The lowest BCUT2D eigenvalue weighted by Gasteiger charge is -2.09. The summed E-state index contributed by atoms with van der Waals surface area (Å²) in [5, 5.41) is 12.1. The van der Waals surface area contributed by atoms with Crippen LogP contribution in [0.3, 0.4) is 0 Å². The van der Waals surface area contributed by atoms with Crippen molar-refractivity contribution >= 4 is 29.1 Å². The number of nitrogens with one attached hydrogen (secondary N) is 1. The highest BCUT2D eigenvalue weighted by Gasteiger charge is 2.11. The lowest BCUT2D eigenvalue weighted by atomic mass is 10.3. The summed E-state index contributed by atoms with van der Waals surface area (Å²) < 4.78 is 8.95. The molecule has 1 amide bonds. The number of nitrogens with zero attached hydrogens (tertiary/aromatic N) is 4. The maximum Gasteiger partial charge on any atom is 0.271 e. The van der Waals surface area contributed by atoms with Gasteiger partial charge in [0.25, 0.3) is 5.91 Å². The zero-order valence-corrected chi connectivity index (χ0v) is 16.2. The third-order valence-electron chi connectivity index (χ3n) is 3.75. The molecule has 27 heavy (non-hydrogen) atoms. The minimum atomic E-state index is -0.235. The molecular formula is C18H19Cl2N5O2. The van der Waals surface area contributed by atoms with Gasteiger partial charge in [-0.2, -0.15) is 10.2 Å². The van der Waals surface area contributed by atoms with Crippen molar-refractivity contribution in [2.75, 3.05) is 6.54 Å². The summed E-state index contributed by atoms with van der Waals surface area (Å²) in [6, 6.07) is 6.75. The molecule has 142 valence electrons. The number of amides is 1. The number of hydrogen-bond acceptors (Lipinski definition) is 4. The molecule has 0 unspecified atom stereocenters. The Morgan fingerprint density at radius 1 is 1.22 bits per heavy atom. The second-order valence-corrected chi connectivity index (χ2v) is 6.77. The highest BCUT2D eigenvalue weighted by atomic mass is 35.5. The van der Waals surface area contributed by atoms with Crippen LogP contribution >= 0.6 is 23.2 Å². The standard InChI is InChI=1S/C18H19Cl2N5O2/c1-13-10-22-24(11-13)8-3-7-21-18(26)16-6-9-25(23-16)12-27-17-14(19)4-2-5-15(17)20/h2,4-6,9-11H,3,7-8,12H2,1H3,(H,21,26). The molecule has 0 saturated heterocycles. The molecule has 0 radical (unpaired) electrons. The van der Waals surface area contributed by atoms with E-state index in [9.17, 15) is 4.79 Å². The molecule has 0 aliphatic rings. The van der Waals surface area contributed by atoms with E-state index in [-0.39, 0.29) is 12.6 Å². The Kier molecular flexibility index (Phi) is 6.36. The SMILES string of the molecule is Cc1cnn(CCCNC(=O)c2ccn(COc3c(Cl)cccc3Cl)n2)c1. The number of para-hydroxylation sites is 1. The summed E-state index contributed by atoms with van der Waals surface area (Å²) in [7, 11) is 0. The minimum absolute atomic E-state index is 0.0926. The highest BCUT2D eigenvalue weighted by Crippen LogP contribution is 2.32. The Morgan fingerprint density at radius 2 is 2.00 bits per heavy atom. The third kappa shape index (κ3) is 5.24. The summed E-state index contributed by atoms with van der Waals surface area (Å²) in [5.41, 5.74) is 1.43. The topological polar surface area (TPSA) is 74.0 Å². The van der Waals surface area contributed by atoms with Crippen LogP contribution in [-0.4, -0.2) is 32.0 Å². The Labute approximate surface area is 166 Å². The quantitative estimate of drug-likeness (QED) is 0.579. The molecule has 3 rings (SSSR count). The van der Waals surface area contributed by atoms with Gasteiger partial charge in [-0.25, -0.2) is 4.68 Å². The fourth-order valence-electron chi connectivity index (χ4n) is 2.43. The number of ether oxygens (including phenoxy) is 1. The van der Waals surface area contributed by atoms with Gasteiger partial charge in [-0.3, -0.25) is 9.48 Å². The lowest BCUT2D eigenvalue weighted by molar-refractivity contribution is 0.0945. The van der Waals surface area contributed by atoms with E-state index < -0.39 is 0 Å². The molecule has 0 saturated carbocycles. The van der Waals surface area contributed by atoms with Crippen LogP contribution in [-0.2, 0) is 13.3 Å². The summed E-state index contributed by atoms with van der Waals surface area (Å²) >= 11 is 12.1. The monoisotopic (exact) mass is 407 g/mol. The molecular weight excluding hydrogens is 389 g/mol. The molecule has 0 fully saturated rings. The number of carbonyl (C=O) groups excluding carboxylic acids is 1. The fourth-order valence-corrected chi connectivity index (χ4v) is 2.94. The Balaban J connectivity index is 1.46. The van der Waals surface area contributed by atoms with Gasteiger partial charge in [0.05, 0.1) is 16.2 Å². The third-order valence-corrected chi connectivity index (χ3v) is 4.34. The van der Waals surface area contributed by atoms with E-state index in [1.807, 2.05) is 24.0 Å². The van der Waals surface area contributed by atoms with Crippen molar-refractivity contribution in [2.45, 2.75) is 26.6 Å². The predicted molar refractivity (Wildman–Crippen MR) is 103 cm³/mol. The van der Waals surface area contributed by atoms with Crippen LogP contribution in [0.5, 0.6) is 5.75 Å². The fraction of sp³-hybridized carbons (Fsp3) is 0.278. The van der Waals surface area contributed by atoms with E-state index in [4.69, 9.17) is 27.9 Å². The van der Waals surface area contributed by atoms with Gasteiger partial charge in [0.2, 0.25) is 0 Å². The van der Waals surface area contributed by atoms with Crippen LogP contribution in [0.15, 0.2) is 42.9 Å². The smallest absolute Gasteiger partial charge is 0.271 e. The van der Waals surface area contributed by atoms with Gasteiger partial charge in [-0.05, 0) is 37.1 Å². The first-order valence-corrected chi connectivity index (χ1v) is 9.16. The first kappa shape index (κ1) is 19.3. The van der Waals surface area contributed by atoms with Crippen LogP contribution in [0.25, 0.3) is 0 Å². The molecule has 0 bridgehead atoms. The van der Waals surface area contributed by atoms with E-state index in [0.29, 0.717) is 28.0 Å². The van der Waals surface area contributed by atoms with Crippen LogP contribution in [0.2, 0.25) is 10.0 Å². The number of hydrogen-bond donors (Lipinski definition) is 1. The highest BCUT2D eigenvalue weighted by molar-refractivity contribution is 6.37. The molecule has 0 aliphatic carbocycles. The molecule has 3 aromatic rings. The Hall–Kier alpha value is -2.51. The number of rotatable bonds is 8. The second-order valence-electron chi connectivity index (χ2n) is 5.95. The molecule has 0 atom stereocenters. The second kappa shape index (κ2) is 8.92. The first-order valence-electron chi connectivity index (χ1n) is 8.40. The van der Waals surface area contributed by atoms with Crippen molar-refractivity contribution < 1.29 is 9.53 Å². The molecule has 1 N–H and O–H groups in total. The van der Waals surface area contributed by atoms with Crippen molar-refractivity contribution in [1.29, 1.82) is 0 Å². The zero-order valence-electron chi connectivity index (χ0n) is 14.7. The van der Waals surface area contributed by atoms with Crippen molar-refractivity contribution in [2.24, 2.45) is 0 Å². The van der Waals surface area contributed by atoms with Gasteiger partial charge in [-0.1, -0.05) is 29.3 Å².